The first-order valence-corrected chi connectivity index (χ1v) is 7.49. The zero-order valence-corrected chi connectivity index (χ0v) is 12.8. The Morgan fingerprint density at radius 2 is 2.28 bits per heavy atom. The molecule has 0 radical (unpaired) electrons. The lowest BCUT2D eigenvalue weighted by molar-refractivity contribution is -0.139. The van der Waals surface area contributed by atoms with Crippen LogP contribution in [-0.2, 0) is 9.53 Å². The summed E-state index contributed by atoms with van der Waals surface area (Å²) in [6.07, 6.45) is 2.50. The van der Waals surface area contributed by atoms with Crippen molar-refractivity contribution in [2.45, 2.75) is 25.3 Å². The fourth-order valence-electron chi connectivity index (χ4n) is 1.15. The minimum atomic E-state index is -0.240. The summed E-state index contributed by atoms with van der Waals surface area (Å²) in [6, 6.07) is 0. The van der Waals surface area contributed by atoms with E-state index in [2.05, 4.69) is 38.1 Å². The van der Waals surface area contributed by atoms with Gasteiger partial charge >= 0.3 is 5.97 Å². The van der Waals surface area contributed by atoms with E-state index in [1.54, 1.807) is 6.92 Å². The largest absolute Gasteiger partial charge is 0.465 e. The molecule has 0 atom stereocenters. The summed E-state index contributed by atoms with van der Waals surface area (Å²) < 4.78 is 5.65. The minimum Gasteiger partial charge on any atom is -0.465 e. The van der Waals surface area contributed by atoms with Crippen molar-refractivity contribution in [3.05, 3.63) is 10.8 Å². The van der Waals surface area contributed by atoms with E-state index < -0.39 is 0 Å². The zero-order chi connectivity index (χ0) is 13.4. The van der Waals surface area contributed by atoms with Crippen molar-refractivity contribution in [1.82, 2.24) is 9.97 Å². The van der Waals surface area contributed by atoms with E-state index in [0.29, 0.717) is 6.61 Å². The van der Waals surface area contributed by atoms with Gasteiger partial charge in [0.2, 0.25) is 0 Å². The van der Waals surface area contributed by atoms with E-state index in [9.17, 15) is 4.79 Å². The monoisotopic (exact) mass is 333 g/mol. The van der Waals surface area contributed by atoms with Crippen molar-refractivity contribution in [2.75, 3.05) is 24.2 Å². The van der Waals surface area contributed by atoms with Crippen molar-refractivity contribution < 1.29 is 9.53 Å². The van der Waals surface area contributed by atoms with Gasteiger partial charge in [-0.3, -0.25) is 4.79 Å². The van der Waals surface area contributed by atoms with E-state index in [-0.39, 0.29) is 11.7 Å². The third-order valence-electron chi connectivity index (χ3n) is 1.93. The highest BCUT2D eigenvalue weighted by atomic mass is 79.9. The maximum Gasteiger partial charge on any atom is 0.316 e. The van der Waals surface area contributed by atoms with Crippen LogP contribution in [0.1, 0.15) is 20.3 Å². The minimum absolute atomic E-state index is 0.240. The van der Waals surface area contributed by atoms with E-state index in [4.69, 9.17) is 4.74 Å². The Kier molecular flexibility index (Phi) is 7.04. The first-order chi connectivity index (χ1) is 8.69. The predicted molar refractivity (Wildman–Crippen MR) is 75.9 cm³/mol. The molecule has 100 valence electrons. The number of aromatic nitrogens is 2. The Morgan fingerprint density at radius 1 is 1.50 bits per heavy atom. The molecule has 0 aliphatic heterocycles. The summed E-state index contributed by atoms with van der Waals surface area (Å²) in [4.78, 5) is 19.5. The molecule has 18 heavy (non-hydrogen) atoms. The maximum atomic E-state index is 11.3. The summed E-state index contributed by atoms with van der Waals surface area (Å²) in [5.41, 5.74) is 0. The molecule has 7 heteroatoms. The molecule has 0 bridgehead atoms. The van der Waals surface area contributed by atoms with Crippen LogP contribution in [-0.4, -0.2) is 34.8 Å². The molecular weight excluding hydrogens is 318 g/mol. The van der Waals surface area contributed by atoms with Gasteiger partial charge in [0.15, 0.2) is 0 Å². The fraction of sp³-hybridized carbons (Fsp3) is 0.545. The van der Waals surface area contributed by atoms with Crippen LogP contribution in [0.3, 0.4) is 0 Å². The van der Waals surface area contributed by atoms with Crippen molar-refractivity contribution in [1.29, 1.82) is 0 Å². The number of ether oxygens (including phenoxy) is 1. The highest BCUT2D eigenvalue weighted by Crippen LogP contribution is 2.30. The standard InChI is InChI=1S/C11H16BrN3O2S/c1-3-5-13-10-9(12)11(15-7-14-10)18-6-8(16)17-4-2/h7H,3-6H2,1-2H3,(H,13,14,15). The molecule has 0 spiro atoms. The molecule has 1 aromatic rings. The predicted octanol–water partition coefficient (Wildman–Crippen LogP) is 2.72. The van der Waals surface area contributed by atoms with Crippen LogP contribution < -0.4 is 5.32 Å². The van der Waals surface area contributed by atoms with Crippen molar-refractivity contribution in [2.24, 2.45) is 0 Å². The Hall–Kier alpha value is -0.820. The molecule has 1 heterocycles. The number of carbonyl (C=O) groups excluding carboxylic acids is 1. The van der Waals surface area contributed by atoms with E-state index in [0.717, 1.165) is 28.3 Å². The van der Waals surface area contributed by atoms with Gasteiger partial charge in [0.25, 0.3) is 0 Å². The van der Waals surface area contributed by atoms with Gasteiger partial charge in [0, 0.05) is 6.54 Å². The number of esters is 1. The van der Waals surface area contributed by atoms with Crippen LogP contribution in [0, 0.1) is 0 Å². The lowest BCUT2D eigenvalue weighted by atomic mass is 10.4. The molecule has 0 saturated carbocycles. The number of halogens is 1. The SMILES string of the molecule is CCCNc1ncnc(SCC(=O)OCC)c1Br. The molecule has 0 aliphatic rings. The van der Waals surface area contributed by atoms with Crippen molar-refractivity contribution in [3.8, 4) is 0 Å². The number of anilines is 1. The van der Waals surface area contributed by atoms with Crippen LogP contribution >= 0.6 is 27.7 Å². The summed E-state index contributed by atoms with van der Waals surface area (Å²) in [5, 5.41) is 3.92. The second-order valence-electron chi connectivity index (χ2n) is 3.36. The van der Waals surface area contributed by atoms with Gasteiger partial charge in [-0.05, 0) is 29.3 Å². The Labute approximate surface area is 119 Å². The van der Waals surface area contributed by atoms with Gasteiger partial charge in [-0.1, -0.05) is 18.7 Å². The van der Waals surface area contributed by atoms with E-state index in [1.807, 2.05) is 0 Å². The molecule has 0 aromatic carbocycles. The first kappa shape index (κ1) is 15.2. The molecule has 5 nitrogen and oxygen atoms in total. The normalized spacial score (nSPS) is 10.2. The number of carbonyl (C=O) groups is 1. The second-order valence-corrected chi connectivity index (χ2v) is 5.12. The molecule has 0 unspecified atom stereocenters. The van der Waals surface area contributed by atoms with Crippen LogP contribution in [0.15, 0.2) is 15.8 Å². The summed E-state index contributed by atoms with van der Waals surface area (Å²) in [5.74, 6) is 0.755. The molecule has 0 fully saturated rings. The summed E-state index contributed by atoms with van der Waals surface area (Å²) >= 11 is 4.77. The Balaban J connectivity index is 2.62. The Morgan fingerprint density at radius 3 is 2.94 bits per heavy atom. The number of nitrogens with one attached hydrogen (secondary N) is 1. The van der Waals surface area contributed by atoms with Crippen LogP contribution in [0.4, 0.5) is 5.82 Å². The third kappa shape index (κ3) is 4.81. The number of hydrogen-bond acceptors (Lipinski definition) is 6. The second kappa shape index (κ2) is 8.31. The molecule has 1 aromatic heterocycles. The lowest BCUT2D eigenvalue weighted by Gasteiger charge is -2.08. The van der Waals surface area contributed by atoms with Crippen molar-refractivity contribution >= 4 is 39.5 Å². The zero-order valence-electron chi connectivity index (χ0n) is 10.4. The van der Waals surface area contributed by atoms with Crippen LogP contribution in [0.25, 0.3) is 0 Å². The van der Waals surface area contributed by atoms with Gasteiger partial charge in [-0.25, -0.2) is 9.97 Å². The third-order valence-corrected chi connectivity index (χ3v) is 3.91. The average molecular weight is 334 g/mol. The Bertz CT molecular complexity index is 404. The van der Waals surface area contributed by atoms with E-state index >= 15 is 0 Å². The van der Waals surface area contributed by atoms with Crippen LogP contribution in [0.5, 0.6) is 0 Å². The molecule has 1 N–H and O–H groups in total. The van der Waals surface area contributed by atoms with Gasteiger partial charge in [-0.2, -0.15) is 0 Å². The molecule has 0 aliphatic carbocycles. The lowest BCUT2D eigenvalue weighted by Crippen LogP contribution is -2.08. The molecule has 0 saturated heterocycles. The highest BCUT2D eigenvalue weighted by molar-refractivity contribution is 9.10. The fourth-order valence-corrected chi connectivity index (χ4v) is 2.52. The smallest absolute Gasteiger partial charge is 0.316 e. The molecule has 1 rings (SSSR count). The van der Waals surface area contributed by atoms with Gasteiger partial charge in [0.05, 0.1) is 16.8 Å². The van der Waals surface area contributed by atoms with Gasteiger partial charge in [-0.15, -0.1) is 0 Å². The van der Waals surface area contributed by atoms with E-state index in [1.165, 1.54) is 18.1 Å². The molecular formula is C11H16BrN3O2S. The van der Waals surface area contributed by atoms with Gasteiger partial charge < -0.3 is 10.1 Å². The van der Waals surface area contributed by atoms with Crippen LogP contribution in [0.2, 0.25) is 0 Å². The quantitative estimate of drug-likeness (QED) is 0.470. The maximum absolute atomic E-state index is 11.3. The average Bonchev–Trinajstić information content (AvgIpc) is 2.36. The van der Waals surface area contributed by atoms with Crippen molar-refractivity contribution in [3.63, 3.8) is 0 Å². The number of thioether (sulfide) groups is 1. The highest BCUT2D eigenvalue weighted by Gasteiger charge is 2.11. The molecule has 0 amide bonds. The first-order valence-electron chi connectivity index (χ1n) is 5.71. The van der Waals surface area contributed by atoms with Gasteiger partial charge in [0.1, 0.15) is 17.2 Å². The number of nitrogens with zero attached hydrogens (tertiary/aromatic N) is 2. The topological polar surface area (TPSA) is 64.1 Å². The number of rotatable bonds is 7. The summed E-state index contributed by atoms with van der Waals surface area (Å²) in [6.45, 7) is 5.11. The number of hydrogen-bond donors (Lipinski definition) is 1. The summed E-state index contributed by atoms with van der Waals surface area (Å²) in [7, 11) is 0.